The van der Waals surface area contributed by atoms with Gasteiger partial charge in [-0.15, -0.1) is 0 Å². The normalized spacial score (nSPS) is 18.5. The van der Waals surface area contributed by atoms with Crippen molar-refractivity contribution in [2.24, 2.45) is 0 Å². The third kappa shape index (κ3) is 4.70. The van der Waals surface area contributed by atoms with Gasteiger partial charge in [-0.3, -0.25) is 9.59 Å². The van der Waals surface area contributed by atoms with Gasteiger partial charge in [-0.05, 0) is 42.8 Å². The van der Waals surface area contributed by atoms with Crippen LogP contribution >= 0.6 is 0 Å². The van der Waals surface area contributed by atoms with Crippen molar-refractivity contribution >= 4 is 17.4 Å². The molecule has 6 heteroatoms. The number of benzene rings is 2. The summed E-state index contributed by atoms with van der Waals surface area (Å²) in [4.78, 5) is 29.6. The summed E-state index contributed by atoms with van der Waals surface area (Å²) in [6.07, 6.45) is 0. The van der Waals surface area contributed by atoms with E-state index in [1.807, 2.05) is 43.3 Å². The number of hydrogen-bond acceptors (Lipinski definition) is 5. The van der Waals surface area contributed by atoms with E-state index in [2.05, 4.69) is 20.8 Å². The molecule has 1 aliphatic heterocycles. The number of carbonyl (C=O) groups is 2. The summed E-state index contributed by atoms with van der Waals surface area (Å²) >= 11 is 0. The first-order valence-electron chi connectivity index (χ1n) is 10.7. The molecule has 2 aromatic rings. The van der Waals surface area contributed by atoms with Crippen LogP contribution in [0.3, 0.4) is 0 Å². The van der Waals surface area contributed by atoms with Crippen LogP contribution in [0.2, 0.25) is 0 Å². The molecule has 1 amide bonds. The van der Waals surface area contributed by atoms with Crippen LogP contribution in [0.1, 0.15) is 43.5 Å². The number of aliphatic hydroxyl groups is 1. The first-order valence-corrected chi connectivity index (χ1v) is 10.7. The Morgan fingerprint density at radius 2 is 1.75 bits per heavy atom. The molecule has 0 unspecified atom stereocenters. The van der Waals surface area contributed by atoms with E-state index in [4.69, 9.17) is 4.74 Å². The van der Waals surface area contributed by atoms with E-state index in [1.165, 1.54) is 7.11 Å². The second-order valence-corrected chi connectivity index (χ2v) is 9.40. The minimum absolute atomic E-state index is 0.0220. The Morgan fingerprint density at radius 3 is 2.31 bits per heavy atom. The van der Waals surface area contributed by atoms with Crippen LogP contribution < -0.4 is 4.74 Å². The van der Waals surface area contributed by atoms with Crippen molar-refractivity contribution in [1.29, 1.82) is 0 Å². The zero-order chi connectivity index (χ0) is 23.6. The van der Waals surface area contributed by atoms with Gasteiger partial charge >= 0.3 is 0 Å². The molecular weight excluding hydrogens is 404 g/mol. The Labute approximate surface area is 190 Å². The fraction of sp³-hybridized carbons (Fsp3) is 0.385. The molecule has 0 bridgehead atoms. The lowest BCUT2D eigenvalue weighted by Crippen LogP contribution is -2.35. The number of ketones is 1. The number of likely N-dealkylation sites (tertiary alicyclic amines) is 1. The van der Waals surface area contributed by atoms with Gasteiger partial charge in [-0.2, -0.15) is 0 Å². The van der Waals surface area contributed by atoms with Crippen LogP contribution in [-0.2, 0) is 15.0 Å². The number of likely N-dealkylation sites (N-methyl/N-ethyl adjacent to an activating group) is 1. The smallest absolute Gasteiger partial charge is 0.295 e. The summed E-state index contributed by atoms with van der Waals surface area (Å²) in [5.74, 6) is -0.906. The fourth-order valence-electron chi connectivity index (χ4n) is 3.86. The molecule has 6 nitrogen and oxygen atoms in total. The molecule has 1 aliphatic rings. The molecule has 2 aromatic carbocycles. The molecule has 0 spiro atoms. The molecule has 0 saturated carbocycles. The van der Waals surface area contributed by atoms with E-state index in [1.54, 1.807) is 29.2 Å². The Hall–Kier alpha value is -3.12. The first kappa shape index (κ1) is 23.5. The SMILES string of the molecule is COc1cccc(/C(O)=C2\C(=O)C(=O)N(CCN(C)C)[C@H]2c2ccc(C(C)(C)C)cc2)c1. The topological polar surface area (TPSA) is 70.1 Å². The van der Waals surface area contributed by atoms with Crippen molar-refractivity contribution in [3.05, 3.63) is 70.8 Å². The summed E-state index contributed by atoms with van der Waals surface area (Å²) in [6.45, 7) is 7.37. The maximum absolute atomic E-state index is 13.1. The third-order valence-corrected chi connectivity index (χ3v) is 5.76. The zero-order valence-electron chi connectivity index (χ0n) is 19.7. The van der Waals surface area contributed by atoms with Gasteiger partial charge in [0.1, 0.15) is 11.5 Å². The largest absolute Gasteiger partial charge is 0.507 e. The highest BCUT2D eigenvalue weighted by atomic mass is 16.5. The molecule has 0 radical (unpaired) electrons. The molecule has 1 saturated heterocycles. The van der Waals surface area contributed by atoms with Gasteiger partial charge in [-0.25, -0.2) is 0 Å². The van der Waals surface area contributed by atoms with E-state index >= 15 is 0 Å². The van der Waals surface area contributed by atoms with Crippen molar-refractivity contribution in [1.82, 2.24) is 9.80 Å². The van der Waals surface area contributed by atoms with Gasteiger partial charge in [0.05, 0.1) is 18.7 Å². The van der Waals surface area contributed by atoms with Crippen molar-refractivity contribution in [3.8, 4) is 5.75 Å². The number of aliphatic hydroxyl groups excluding tert-OH is 1. The maximum atomic E-state index is 13.1. The highest BCUT2D eigenvalue weighted by Crippen LogP contribution is 2.40. The molecule has 1 fully saturated rings. The summed E-state index contributed by atoms with van der Waals surface area (Å²) in [5.41, 5.74) is 2.46. The van der Waals surface area contributed by atoms with Crippen molar-refractivity contribution in [2.75, 3.05) is 34.3 Å². The van der Waals surface area contributed by atoms with E-state index in [0.717, 1.165) is 11.1 Å². The van der Waals surface area contributed by atoms with Crippen LogP contribution in [0, 0.1) is 0 Å². The molecule has 1 N–H and O–H groups in total. The van der Waals surface area contributed by atoms with Gasteiger partial charge in [-0.1, -0.05) is 57.2 Å². The fourth-order valence-corrected chi connectivity index (χ4v) is 3.86. The predicted molar refractivity (Wildman–Crippen MR) is 126 cm³/mol. The quantitative estimate of drug-likeness (QED) is 0.421. The summed E-state index contributed by atoms with van der Waals surface area (Å²) < 4.78 is 5.26. The third-order valence-electron chi connectivity index (χ3n) is 5.76. The number of amides is 1. The van der Waals surface area contributed by atoms with Crippen LogP contribution in [0.25, 0.3) is 5.76 Å². The molecule has 170 valence electrons. The number of Topliss-reactive ketones (excluding diaryl/α,β-unsaturated/α-hetero) is 1. The number of carbonyl (C=O) groups excluding carboxylic acids is 2. The number of methoxy groups -OCH3 is 1. The van der Waals surface area contributed by atoms with Crippen LogP contribution in [-0.4, -0.2) is 60.9 Å². The number of rotatable bonds is 6. The lowest BCUT2D eigenvalue weighted by atomic mass is 9.85. The Balaban J connectivity index is 2.14. The van der Waals surface area contributed by atoms with Crippen molar-refractivity contribution in [2.45, 2.75) is 32.2 Å². The Morgan fingerprint density at radius 1 is 1.09 bits per heavy atom. The van der Waals surface area contributed by atoms with E-state index in [-0.39, 0.29) is 16.7 Å². The number of nitrogens with zero attached hydrogens (tertiary/aromatic N) is 2. The van der Waals surface area contributed by atoms with Crippen LogP contribution in [0.4, 0.5) is 0 Å². The van der Waals surface area contributed by atoms with Gasteiger partial charge < -0.3 is 19.6 Å². The zero-order valence-corrected chi connectivity index (χ0v) is 19.7. The standard InChI is InChI=1S/C26H32N2O4/c1-26(2,3)19-12-10-17(11-13-19)22-21(23(29)18-8-7-9-20(16-18)32-6)24(30)25(31)28(22)15-14-27(4)5/h7-13,16,22,29H,14-15H2,1-6H3/b23-21+/t22-/m0/s1. The van der Waals surface area contributed by atoms with Gasteiger partial charge in [0.2, 0.25) is 0 Å². The molecule has 1 heterocycles. The monoisotopic (exact) mass is 436 g/mol. The highest BCUT2D eigenvalue weighted by molar-refractivity contribution is 6.46. The average molecular weight is 437 g/mol. The summed E-state index contributed by atoms with van der Waals surface area (Å²) in [6, 6.07) is 14.1. The molecule has 32 heavy (non-hydrogen) atoms. The van der Waals surface area contributed by atoms with E-state index in [0.29, 0.717) is 24.4 Å². The van der Waals surface area contributed by atoms with Crippen molar-refractivity contribution < 1.29 is 19.4 Å². The lowest BCUT2D eigenvalue weighted by Gasteiger charge is -2.27. The summed E-state index contributed by atoms with van der Waals surface area (Å²) in [7, 11) is 5.37. The maximum Gasteiger partial charge on any atom is 0.295 e. The second kappa shape index (κ2) is 9.17. The van der Waals surface area contributed by atoms with E-state index < -0.39 is 17.7 Å². The average Bonchev–Trinajstić information content (AvgIpc) is 3.01. The van der Waals surface area contributed by atoms with Crippen LogP contribution in [0.5, 0.6) is 5.75 Å². The minimum Gasteiger partial charge on any atom is -0.507 e. The molecular formula is C26H32N2O4. The Kier molecular flexibility index (Phi) is 6.74. The molecule has 1 atom stereocenters. The molecule has 0 aliphatic carbocycles. The predicted octanol–water partition coefficient (Wildman–Crippen LogP) is 3.98. The number of ether oxygens (including phenoxy) is 1. The Bertz CT molecular complexity index is 1030. The minimum atomic E-state index is -0.672. The van der Waals surface area contributed by atoms with E-state index in [9.17, 15) is 14.7 Å². The molecule has 3 rings (SSSR count). The van der Waals surface area contributed by atoms with Crippen molar-refractivity contribution in [3.63, 3.8) is 0 Å². The molecule has 0 aromatic heterocycles. The summed E-state index contributed by atoms with van der Waals surface area (Å²) in [5, 5.41) is 11.2. The second-order valence-electron chi connectivity index (χ2n) is 9.40. The van der Waals surface area contributed by atoms with Gasteiger partial charge in [0, 0.05) is 18.7 Å². The van der Waals surface area contributed by atoms with Crippen LogP contribution in [0.15, 0.2) is 54.1 Å². The highest BCUT2D eigenvalue weighted by Gasteiger charge is 2.45. The first-order chi connectivity index (χ1) is 15.0. The number of hydrogen-bond donors (Lipinski definition) is 1. The lowest BCUT2D eigenvalue weighted by molar-refractivity contribution is -0.140. The van der Waals surface area contributed by atoms with Gasteiger partial charge in [0.15, 0.2) is 0 Å². The van der Waals surface area contributed by atoms with Gasteiger partial charge in [0.25, 0.3) is 11.7 Å².